The Morgan fingerprint density at radius 2 is 2.21 bits per heavy atom. The molecule has 0 fully saturated rings. The first-order chi connectivity index (χ1) is 6.86. The SMILES string of the molecule is N#COCc1cccc(CN=C=O)c1. The van der Waals surface area contributed by atoms with Crippen molar-refractivity contribution in [2.24, 2.45) is 4.99 Å². The van der Waals surface area contributed by atoms with Gasteiger partial charge in [0.25, 0.3) is 6.26 Å². The Morgan fingerprint density at radius 1 is 1.43 bits per heavy atom. The highest BCUT2D eigenvalue weighted by Gasteiger charge is 1.95. The van der Waals surface area contributed by atoms with E-state index >= 15 is 0 Å². The van der Waals surface area contributed by atoms with E-state index in [1.165, 1.54) is 6.08 Å². The number of hydrogen-bond donors (Lipinski definition) is 0. The normalized spacial score (nSPS) is 8.50. The van der Waals surface area contributed by atoms with Gasteiger partial charge in [0.05, 0.1) is 6.54 Å². The van der Waals surface area contributed by atoms with E-state index < -0.39 is 0 Å². The van der Waals surface area contributed by atoms with E-state index in [9.17, 15) is 4.79 Å². The molecule has 0 saturated carbocycles. The van der Waals surface area contributed by atoms with Gasteiger partial charge in [0.15, 0.2) is 0 Å². The molecule has 0 aliphatic carbocycles. The van der Waals surface area contributed by atoms with Gasteiger partial charge in [-0.2, -0.15) is 5.26 Å². The van der Waals surface area contributed by atoms with Crippen molar-refractivity contribution in [3.8, 4) is 6.26 Å². The summed E-state index contributed by atoms with van der Waals surface area (Å²) in [5, 5.41) is 8.20. The molecule has 0 N–H and O–H groups in total. The zero-order chi connectivity index (χ0) is 10.2. The van der Waals surface area contributed by atoms with Crippen LogP contribution in [0.3, 0.4) is 0 Å². The van der Waals surface area contributed by atoms with Gasteiger partial charge in [-0.3, -0.25) is 0 Å². The number of hydrogen-bond acceptors (Lipinski definition) is 4. The number of benzene rings is 1. The predicted molar refractivity (Wildman–Crippen MR) is 48.7 cm³/mol. The van der Waals surface area contributed by atoms with Gasteiger partial charge in [-0.25, -0.2) is 9.79 Å². The van der Waals surface area contributed by atoms with Crippen LogP contribution in [-0.4, -0.2) is 6.08 Å². The zero-order valence-corrected chi connectivity index (χ0v) is 7.43. The largest absolute Gasteiger partial charge is 0.423 e. The Kier molecular flexibility index (Phi) is 3.93. The van der Waals surface area contributed by atoms with Crippen LogP contribution in [0.4, 0.5) is 0 Å². The van der Waals surface area contributed by atoms with Crippen LogP contribution in [0.25, 0.3) is 0 Å². The number of nitrogens with zero attached hydrogens (tertiary/aromatic N) is 2. The highest BCUT2D eigenvalue weighted by molar-refractivity contribution is 5.34. The Hall–Kier alpha value is -2.11. The summed E-state index contributed by atoms with van der Waals surface area (Å²) < 4.78 is 4.58. The van der Waals surface area contributed by atoms with Crippen molar-refractivity contribution in [3.63, 3.8) is 0 Å². The van der Waals surface area contributed by atoms with E-state index in [1.54, 1.807) is 6.26 Å². The van der Waals surface area contributed by atoms with E-state index in [0.717, 1.165) is 11.1 Å². The van der Waals surface area contributed by atoms with Crippen molar-refractivity contribution in [1.29, 1.82) is 5.26 Å². The fourth-order valence-corrected chi connectivity index (χ4v) is 1.06. The molecule has 0 amide bonds. The van der Waals surface area contributed by atoms with Gasteiger partial charge in [0, 0.05) is 0 Å². The smallest absolute Gasteiger partial charge is 0.286 e. The fraction of sp³-hybridized carbons (Fsp3) is 0.200. The van der Waals surface area contributed by atoms with Crippen LogP contribution in [-0.2, 0) is 22.7 Å². The molecule has 0 unspecified atom stereocenters. The third-order valence-electron chi connectivity index (χ3n) is 1.62. The van der Waals surface area contributed by atoms with Crippen LogP contribution < -0.4 is 0 Å². The summed E-state index contributed by atoms with van der Waals surface area (Å²) in [6, 6.07) is 7.34. The summed E-state index contributed by atoms with van der Waals surface area (Å²) >= 11 is 0. The van der Waals surface area contributed by atoms with Crippen molar-refractivity contribution < 1.29 is 9.53 Å². The Balaban J connectivity index is 2.69. The third-order valence-corrected chi connectivity index (χ3v) is 1.62. The van der Waals surface area contributed by atoms with Gasteiger partial charge in [-0.1, -0.05) is 24.3 Å². The van der Waals surface area contributed by atoms with Crippen LogP contribution in [0.15, 0.2) is 29.3 Å². The lowest BCUT2D eigenvalue weighted by atomic mass is 10.1. The van der Waals surface area contributed by atoms with E-state index in [1.807, 2.05) is 24.3 Å². The quantitative estimate of drug-likeness (QED) is 0.409. The summed E-state index contributed by atoms with van der Waals surface area (Å²) in [4.78, 5) is 13.3. The van der Waals surface area contributed by atoms with E-state index in [2.05, 4.69) is 9.73 Å². The second kappa shape index (κ2) is 5.52. The number of nitriles is 1. The van der Waals surface area contributed by atoms with Crippen LogP contribution >= 0.6 is 0 Å². The average Bonchev–Trinajstić information content (AvgIpc) is 2.24. The Morgan fingerprint density at radius 3 is 2.93 bits per heavy atom. The standard InChI is InChI=1S/C10H8N2O2/c11-7-14-6-10-3-1-2-9(4-10)5-12-8-13/h1-4H,5-6H2. The monoisotopic (exact) mass is 188 g/mol. The Labute approximate surface area is 81.5 Å². The molecule has 4 nitrogen and oxygen atoms in total. The molecule has 1 rings (SSSR count). The summed E-state index contributed by atoms with van der Waals surface area (Å²) in [7, 11) is 0. The molecule has 0 heterocycles. The first-order valence-corrected chi connectivity index (χ1v) is 3.99. The number of isocyanates is 1. The maximum Gasteiger partial charge on any atom is 0.286 e. The van der Waals surface area contributed by atoms with E-state index in [0.29, 0.717) is 6.54 Å². The second-order valence-corrected chi connectivity index (χ2v) is 2.61. The lowest BCUT2D eigenvalue weighted by Gasteiger charge is -2.00. The third kappa shape index (κ3) is 3.10. The van der Waals surface area contributed by atoms with Gasteiger partial charge in [0.1, 0.15) is 6.61 Å². The van der Waals surface area contributed by atoms with Crippen LogP contribution in [0, 0.1) is 11.5 Å². The number of ether oxygens (including phenoxy) is 1. The summed E-state index contributed by atoms with van der Waals surface area (Å²) in [5.74, 6) is 0. The minimum absolute atomic E-state index is 0.245. The molecule has 1 aromatic rings. The van der Waals surface area contributed by atoms with Crippen LogP contribution in [0.1, 0.15) is 11.1 Å². The molecule has 0 aromatic heterocycles. The highest BCUT2D eigenvalue weighted by Crippen LogP contribution is 2.07. The second-order valence-electron chi connectivity index (χ2n) is 2.61. The average molecular weight is 188 g/mol. The topological polar surface area (TPSA) is 62.4 Å². The summed E-state index contributed by atoms with van der Waals surface area (Å²) in [6.45, 7) is 0.555. The lowest BCUT2D eigenvalue weighted by Crippen LogP contribution is -1.89. The molecule has 0 bridgehead atoms. The van der Waals surface area contributed by atoms with Crippen molar-refractivity contribution in [3.05, 3.63) is 35.4 Å². The van der Waals surface area contributed by atoms with Gasteiger partial charge in [-0.15, -0.1) is 0 Å². The van der Waals surface area contributed by atoms with Crippen molar-refractivity contribution in [2.75, 3.05) is 0 Å². The van der Waals surface area contributed by atoms with Crippen LogP contribution in [0.5, 0.6) is 0 Å². The molecule has 14 heavy (non-hydrogen) atoms. The summed E-state index contributed by atoms with van der Waals surface area (Å²) in [6.07, 6.45) is 3.06. The Bertz CT molecular complexity index is 389. The molecule has 0 aliphatic rings. The van der Waals surface area contributed by atoms with Crippen LogP contribution in [0.2, 0.25) is 0 Å². The predicted octanol–water partition coefficient (Wildman–Crippen LogP) is 1.52. The number of carbonyl (C=O) groups excluding carboxylic acids is 1. The van der Waals surface area contributed by atoms with Gasteiger partial charge < -0.3 is 4.74 Å². The molecule has 0 aliphatic heterocycles. The first kappa shape index (κ1) is 9.97. The minimum atomic E-state index is 0.245. The molecule has 0 saturated heterocycles. The maximum absolute atomic E-state index is 9.88. The van der Waals surface area contributed by atoms with Gasteiger partial charge in [-0.05, 0) is 11.1 Å². The first-order valence-electron chi connectivity index (χ1n) is 3.99. The van der Waals surface area contributed by atoms with Crippen molar-refractivity contribution >= 4 is 6.08 Å². The zero-order valence-electron chi connectivity index (χ0n) is 7.43. The van der Waals surface area contributed by atoms with E-state index in [4.69, 9.17) is 5.26 Å². The summed E-state index contributed by atoms with van der Waals surface area (Å²) in [5.41, 5.74) is 1.78. The van der Waals surface area contributed by atoms with E-state index in [-0.39, 0.29) is 6.61 Å². The van der Waals surface area contributed by atoms with Gasteiger partial charge in [0.2, 0.25) is 6.08 Å². The highest BCUT2D eigenvalue weighted by atomic mass is 16.5. The lowest BCUT2D eigenvalue weighted by molar-refractivity contribution is 0.257. The fourth-order valence-electron chi connectivity index (χ4n) is 1.06. The molecule has 0 spiro atoms. The van der Waals surface area contributed by atoms with Crippen molar-refractivity contribution in [1.82, 2.24) is 0 Å². The molecule has 0 atom stereocenters. The minimum Gasteiger partial charge on any atom is -0.423 e. The van der Waals surface area contributed by atoms with Crippen molar-refractivity contribution in [2.45, 2.75) is 13.2 Å². The molecule has 0 radical (unpaired) electrons. The molecular weight excluding hydrogens is 180 g/mol. The molecule has 1 aromatic carbocycles. The molecule has 70 valence electrons. The van der Waals surface area contributed by atoms with Gasteiger partial charge >= 0.3 is 0 Å². The maximum atomic E-state index is 9.88. The molecular formula is C10H8N2O2. The number of rotatable bonds is 4. The molecule has 4 heteroatoms. The number of aliphatic imine (C=N–C) groups is 1.